The third-order valence-electron chi connectivity index (χ3n) is 2.85. The Bertz CT molecular complexity index is 602. The van der Waals surface area contributed by atoms with Crippen LogP contribution in [-0.2, 0) is 4.79 Å². The van der Waals surface area contributed by atoms with E-state index in [0.29, 0.717) is 11.5 Å². The predicted octanol–water partition coefficient (Wildman–Crippen LogP) is 1.65. The molecule has 0 unspecified atom stereocenters. The van der Waals surface area contributed by atoms with E-state index in [-0.39, 0.29) is 6.54 Å². The molecular formula is C13H15N3O2. The second-order valence-corrected chi connectivity index (χ2v) is 4.28. The molecule has 0 saturated heterocycles. The van der Waals surface area contributed by atoms with Crippen LogP contribution in [0.3, 0.4) is 0 Å². The Morgan fingerprint density at radius 3 is 2.89 bits per heavy atom. The molecule has 5 heteroatoms. The van der Waals surface area contributed by atoms with Gasteiger partial charge < -0.3 is 15.7 Å². The van der Waals surface area contributed by atoms with E-state index in [1.165, 1.54) is 0 Å². The Labute approximate surface area is 105 Å². The zero-order chi connectivity index (χ0) is 13.3. The van der Waals surface area contributed by atoms with Crippen LogP contribution >= 0.6 is 0 Å². The van der Waals surface area contributed by atoms with E-state index in [2.05, 4.69) is 4.98 Å². The lowest BCUT2D eigenvalue weighted by Crippen LogP contribution is -2.26. The summed E-state index contributed by atoms with van der Waals surface area (Å²) in [5.74, 6) is -0.262. The monoisotopic (exact) mass is 245 g/mol. The normalized spacial score (nSPS) is 10.6. The molecule has 1 heterocycles. The van der Waals surface area contributed by atoms with Gasteiger partial charge >= 0.3 is 5.97 Å². The lowest BCUT2D eigenvalue weighted by Gasteiger charge is -2.19. The number of carboxylic acid groups (broad SMARTS) is 1. The fraction of sp³-hybridized carbons (Fsp3) is 0.231. The highest BCUT2D eigenvalue weighted by atomic mass is 16.4. The number of nitrogens with two attached hydrogens (primary N) is 1. The van der Waals surface area contributed by atoms with Crippen molar-refractivity contribution in [2.75, 3.05) is 24.2 Å². The number of nitrogens with zero attached hydrogens (tertiary/aromatic N) is 2. The fourth-order valence-electron chi connectivity index (χ4n) is 2.07. The number of carbonyl (C=O) groups is 1. The SMILES string of the molecule is Cc1cnc(N(C)CC(=O)O)c2cccc(N)c12. The van der Waals surface area contributed by atoms with Gasteiger partial charge in [-0.15, -0.1) is 0 Å². The van der Waals surface area contributed by atoms with Gasteiger partial charge in [-0.05, 0) is 18.6 Å². The quantitative estimate of drug-likeness (QED) is 0.804. The fourth-order valence-corrected chi connectivity index (χ4v) is 2.07. The van der Waals surface area contributed by atoms with Crippen LogP contribution in [0.4, 0.5) is 11.5 Å². The first kappa shape index (κ1) is 12.2. The van der Waals surface area contributed by atoms with Gasteiger partial charge in [0.15, 0.2) is 0 Å². The van der Waals surface area contributed by atoms with Crippen molar-refractivity contribution in [2.24, 2.45) is 0 Å². The number of hydrogen-bond acceptors (Lipinski definition) is 4. The van der Waals surface area contributed by atoms with Gasteiger partial charge in [0.05, 0.1) is 0 Å². The van der Waals surface area contributed by atoms with Crippen molar-refractivity contribution in [3.8, 4) is 0 Å². The van der Waals surface area contributed by atoms with Crippen molar-refractivity contribution in [2.45, 2.75) is 6.92 Å². The topological polar surface area (TPSA) is 79.5 Å². The number of likely N-dealkylation sites (N-methyl/N-ethyl adjacent to an activating group) is 1. The van der Waals surface area contributed by atoms with E-state index in [9.17, 15) is 4.79 Å². The van der Waals surface area contributed by atoms with Crippen molar-refractivity contribution >= 4 is 28.2 Å². The minimum Gasteiger partial charge on any atom is -0.480 e. The maximum Gasteiger partial charge on any atom is 0.323 e. The molecule has 0 saturated carbocycles. The standard InChI is InChI=1S/C13H15N3O2/c1-8-6-15-13(16(2)7-11(17)18)9-4-3-5-10(14)12(8)9/h3-6H,7,14H2,1-2H3,(H,17,18). The molecule has 0 aliphatic carbocycles. The molecule has 5 nitrogen and oxygen atoms in total. The molecule has 0 radical (unpaired) electrons. The van der Waals surface area contributed by atoms with Crippen LogP contribution in [-0.4, -0.2) is 29.7 Å². The van der Waals surface area contributed by atoms with Crippen molar-refractivity contribution in [3.05, 3.63) is 30.0 Å². The molecule has 2 aromatic rings. The molecule has 0 bridgehead atoms. The summed E-state index contributed by atoms with van der Waals surface area (Å²) in [7, 11) is 1.70. The summed E-state index contributed by atoms with van der Waals surface area (Å²) in [4.78, 5) is 16.7. The van der Waals surface area contributed by atoms with Crippen LogP contribution in [0.1, 0.15) is 5.56 Å². The molecule has 18 heavy (non-hydrogen) atoms. The molecule has 0 atom stereocenters. The van der Waals surface area contributed by atoms with E-state index in [1.54, 1.807) is 18.1 Å². The smallest absolute Gasteiger partial charge is 0.323 e. The second kappa shape index (κ2) is 4.52. The average molecular weight is 245 g/mol. The van der Waals surface area contributed by atoms with E-state index in [1.807, 2.05) is 25.1 Å². The predicted molar refractivity (Wildman–Crippen MR) is 71.8 cm³/mol. The van der Waals surface area contributed by atoms with Crippen LogP contribution in [0, 0.1) is 6.92 Å². The number of carboxylic acids is 1. The summed E-state index contributed by atoms with van der Waals surface area (Å²) in [6.45, 7) is 1.84. The van der Waals surface area contributed by atoms with Gasteiger partial charge in [0.1, 0.15) is 12.4 Å². The van der Waals surface area contributed by atoms with E-state index in [4.69, 9.17) is 10.8 Å². The number of rotatable bonds is 3. The molecule has 2 rings (SSSR count). The van der Waals surface area contributed by atoms with Gasteiger partial charge in [0.25, 0.3) is 0 Å². The summed E-state index contributed by atoms with van der Waals surface area (Å²) in [6, 6.07) is 5.58. The summed E-state index contributed by atoms with van der Waals surface area (Å²) in [5, 5.41) is 10.6. The first-order valence-corrected chi connectivity index (χ1v) is 5.57. The summed E-state index contributed by atoms with van der Waals surface area (Å²) in [5.41, 5.74) is 7.62. The third-order valence-corrected chi connectivity index (χ3v) is 2.85. The molecule has 0 aliphatic rings. The highest BCUT2D eigenvalue weighted by Crippen LogP contribution is 2.30. The van der Waals surface area contributed by atoms with Gasteiger partial charge in [0.2, 0.25) is 0 Å². The van der Waals surface area contributed by atoms with Gasteiger partial charge in [0, 0.05) is 29.7 Å². The number of aromatic nitrogens is 1. The minimum atomic E-state index is -0.892. The lowest BCUT2D eigenvalue weighted by atomic mass is 10.1. The molecular weight excluding hydrogens is 230 g/mol. The number of fused-ring (bicyclic) bond motifs is 1. The Morgan fingerprint density at radius 1 is 1.50 bits per heavy atom. The van der Waals surface area contributed by atoms with Gasteiger partial charge in [-0.2, -0.15) is 0 Å². The molecule has 0 spiro atoms. The van der Waals surface area contributed by atoms with Crippen molar-refractivity contribution in [3.63, 3.8) is 0 Å². The maximum atomic E-state index is 10.8. The maximum absolute atomic E-state index is 10.8. The molecule has 94 valence electrons. The molecule has 3 N–H and O–H groups in total. The number of nitrogen functional groups attached to an aromatic ring is 1. The Balaban J connectivity index is 2.63. The highest BCUT2D eigenvalue weighted by Gasteiger charge is 2.13. The molecule has 0 amide bonds. The number of pyridine rings is 1. The number of aliphatic carboxylic acids is 1. The van der Waals surface area contributed by atoms with E-state index >= 15 is 0 Å². The van der Waals surface area contributed by atoms with Crippen LogP contribution in [0.15, 0.2) is 24.4 Å². The number of benzene rings is 1. The molecule has 1 aromatic carbocycles. The number of hydrogen-bond donors (Lipinski definition) is 2. The van der Waals surface area contributed by atoms with E-state index < -0.39 is 5.97 Å². The second-order valence-electron chi connectivity index (χ2n) is 4.28. The third kappa shape index (κ3) is 2.07. The van der Waals surface area contributed by atoms with Crippen LogP contribution in [0.25, 0.3) is 10.8 Å². The average Bonchev–Trinajstić information content (AvgIpc) is 2.28. The Kier molecular flexibility index (Phi) is 3.06. The molecule has 0 fully saturated rings. The van der Waals surface area contributed by atoms with Gasteiger partial charge in [-0.3, -0.25) is 4.79 Å². The van der Waals surface area contributed by atoms with Crippen molar-refractivity contribution in [1.29, 1.82) is 0 Å². The Morgan fingerprint density at radius 2 is 2.22 bits per heavy atom. The zero-order valence-electron chi connectivity index (χ0n) is 10.3. The first-order chi connectivity index (χ1) is 8.50. The largest absolute Gasteiger partial charge is 0.480 e. The van der Waals surface area contributed by atoms with Crippen LogP contribution in [0.5, 0.6) is 0 Å². The molecule has 1 aromatic heterocycles. The van der Waals surface area contributed by atoms with Crippen LogP contribution in [0.2, 0.25) is 0 Å². The van der Waals surface area contributed by atoms with Gasteiger partial charge in [-0.25, -0.2) is 4.98 Å². The minimum absolute atomic E-state index is 0.0973. The summed E-state index contributed by atoms with van der Waals surface area (Å²) < 4.78 is 0. The lowest BCUT2D eigenvalue weighted by molar-refractivity contribution is -0.135. The van der Waals surface area contributed by atoms with Gasteiger partial charge in [-0.1, -0.05) is 12.1 Å². The molecule has 0 aliphatic heterocycles. The van der Waals surface area contributed by atoms with Crippen LogP contribution < -0.4 is 10.6 Å². The summed E-state index contributed by atoms with van der Waals surface area (Å²) >= 11 is 0. The first-order valence-electron chi connectivity index (χ1n) is 5.57. The summed E-state index contributed by atoms with van der Waals surface area (Å²) in [6.07, 6.45) is 1.71. The zero-order valence-corrected chi connectivity index (χ0v) is 10.3. The number of aryl methyl sites for hydroxylation is 1. The van der Waals surface area contributed by atoms with Crippen molar-refractivity contribution in [1.82, 2.24) is 4.98 Å². The Hall–Kier alpha value is -2.30. The van der Waals surface area contributed by atoms with Crippen molar-refractivity contribution < 1.29 is 9.90 Å². The highest BCUT2D eigenvalue weighted by molar-refractivity contribution is 6.01. The van der Waals surface area contributed by atoms with E-state index in [0.717, 1.165) is 16.3 Å². The number of anilines is 2.